The van der Waals surface area contributed by atoms with Crippen molar-refractivity contribution in [3.63, 3.8) is 0 Å². The lowest BCUT2D eigenvalue weighted by Crippen LogP contribution is -3.05. The maximum Gasteiger partial charge on any atom is 0.125 e. The van der Waals surface area contributed by atoms with Gasteiger partial charge in [-0.3, -0.25) is 0 Å². The number of fused-ring (bicyclic) bond motifs is 1. The Kier molecular flexibility index (Phi) is 2.64. The lowest BCUT2D eigenvalue weighted by Gasteiger charge is -2.06. The third-order valence-corrected chi connectivity index (χ3v) is 2.66. The molecule has 0 aliphatic heterocycles. The molecule has 3 nitrogen and oxygen atoms in total. The van der Waals surface area contributed by atoms with Crippen molar-refractivity contribution in [3.05, 3.63) is 30.0 Å². The van der Waals surface area contributed by atoms with Gasteiger partial charge in [-0.2, -0.15) is 0 Å². The van der Waals surface area contributed by atoms with Gasteiger partial charge < -0.3 is 15.0 Å². The Labute approximate surface area is 89.3 Å². The highest BCUT2D eigenvalue weighted by Crippen LogP contribution is 2.27. The van der Waals surface area contributed by atoms with Gasteiger partial charge in [0.2, 0.25) is 0 Å². The summed E-state index contributed by atoms with van der Waals surface area (Å²) in [5.74, 6) is 0.373. The second-order valence-corrected chi connectivity index (χ2v) is 4.22. The minimum absolute atomic E-state index is 0.373. The molecule has 2 aromatic rings. The third kappa shape index (κ3) is 1.97. The van der Waals surface area contributed by atoms with E-state index in [2.05, 4.69) is 19.1 Å². The van der Waals surface area contributed by atoms with Crippen LogP contribution in [-0.4, -0.2) is 30.7 Å². The lowest BCUT2D eigenvalue weighted by molar-refractivity contribution is -0.858. The molecule has 0 aliphatic carbocycles. The van der Waals surface area contributed by atoms with E-state index in [1.165, 1.54) is 10.5 Å². The highest BCUT2D eigenvalue weighted by molar-refractivity contribution is 5.88. The standard InChI is InChI=1S/C12H16N2O/c1-14(2)7-6-9-8-13-10-4-3-5-11(15)12(9)10/h3-5,8,13,15H,6-7H2,1-2H3/p+1. The number of likely N-dealkylation sites (N-methyl/N-ethyl adjacent to an activating group) is 1. The smallest absolute Gasteiger partial charge is 0.125 e. The summed E-state index contributed by atoms with van der Waals surface area (Å²) in [6.45, 7) is 1.07. The SMILES string of the molecule is C[NH+](C)CCc1c[nH]c2cccc(O)c12. The average molecular weight is 205 g/mol. The maximum atomic E-state index is 9.78. The van der Waals surface area contributed by atoms with E-state index in [4.69, 9.17) is 0 Å². The average Bonchev–Trinajstić information content (AvgIpc) is 2.59. The Bertz CT molecular complexity index is 460. The fourth-order valence-corrected chi connectivity index (χ4v) is 1.82. The summed E-state index contributed by atoms with van der Waals surface area (Å²) < 4.78 is 0. The van der Waals surface area contributed by atoms with Gasteiger partial charge in [0.05, 0.1) is 20.6 Å². The van der Waals surface area contributed by atoms with E-state index in [0.717, 1.165) is 23.9 Å². The zero-order chi connectivity index (χ0) is 10.8. The number of rotatable bonds is 3. The number of hydrogen-bond acceptors (Lipinski definition) is 1. The molecular formula is C12H17N2O+. The summed E-state index contributed by atoms with van der Waals surface area (Å²) in [6.07, 6.45) is 2.98. The Morgan fingerprint density at radius 1 is 1.33 bits per heavy atom. The first-order valence-corrected chi connectivity index (χ1v) is 5.25. The van der Waals surface area contributed by atoms with Gasteiger partial charge in [-0.1, -0.05) is 6.07 Å². The lowest BCUT2D eigenvalue weighted by atomic mass is 10.1. The number of phenolic OH excluding ortho intramolecular Hbond substituents is 1. The third-order valence-electron chi connectivity index (χ3n) is 2.66. The van der Waals surface area contributed by atoms with Crippen molar-refractivity contribution in [3.8, 4) is 5.75 Å². The number of H-pyrrole nitrogens is 1. The van der Waals surface area contributed by atoms with Crippen LogP contribution >= 0.6 is 0 Å². The summed E-state index contributed by atoms with van der Waals surface area (Å²) in [4.78, 5) is 4.60. The van der Waals surface area contributed by atoms with Crippen molar-refractivity contribution >= 4 is 10.9 Å². The number of aromatic amines is 1. The molecule has 0 spiro atoms. The molecule has 3 heteroatoms. The molecule has 0 saturated heterocycles. The monoisotopic (exact) mass is 205 g/mol. The molecule has 0 saturated carbocycles. The molecule has 2 rings (SSSR count). The molecule has 0 amide bonds. The molecule has 0 bridgehead atoms. The van der Waals surface area contributed by atoms with E-state index in [1.807, 2.05) is 18.3 Å². The molecule has 1 heterocycles. The van der Waals surface area contributed by atoms with Crippen molar-refractivity contribution < 1.29 is 10.0 Å². The maximum absolute atomic E-state index is 9.78. The van der Waals surface area contributed by atoms with Crippen LogP contribution in [0.2, 0.25) is 0 Å². The van der Waals surface area contributed by atoms with Crippen LogP contribution in [-0.2, 0) is 6.42 Å². The van der Waals surface area contributed by atoms with Crippen molar-refractivity contribution in [2.45, 2.75) is 6.42 Å². The van der Waals surface area contributed by atoms with Crippen LogP contribution in [0.5, 0.6) is 5.75 Å². The van der Waals surface area contributed by atoms with E-state index < -0.39 is 0 Å². The van der Waals surface area contributed by atoms with Crippen LogP contribution in [0.25, 0.3) is 10.9 Å². The van der Waals surface area contributed by atoms with Gasteiger partial charge in [0, 0.05) is 23.5 Å². The van der Waals surface area contributed by atoms with Crippen LogP contribution in [0, 0.1) is 0 Å². The molecule has 0 fully saturated rings. The molecule has 80 valence electrons. The van der Waals surface area contributed by atoms with E-state index in [9.17, 15) is 5.11 Å². The predicted molar refractivity (Wildman–Crippen MR) is 61.3 cm³/mol. The van der Waals surface area contributed by atoms with Crippen molar-refractivity contribution in [2.24, 2.45) is 0 Å². The first-order chi connectivity index (χ1) is 7.18. The zero-order valence-electron chi connectivity index (χ0n) is 9.17. The van der Waals surface area contributed by atoms with Gasteiger partial charge in [0.1, 0.15) is 5.75 Å². The first-order valence-electron chi connectivity index (χ1n) is 5.25. The minimum atomic E-state index is 0.373. The van der Waals surface area contributed by atoms with Crippen LogP contribution in [0.4, 0.5) is 0 Å². The van der Waals surface area contributed by atoms with Crippen molar-refractivity contribution in [1.29, 1.82) is 0 Å². The Balaban J connectivity index is 2.35. The summed E-state index contributed by atoms with van der Waals surface area (Å²) >= 11 is 0. The molecule has 0 atom stereocenters. The Morgan fingerprint density at radius 2 is 2.13 bits per heavy atom. The number of nitrogens with one attached hydrogen (secondary N) is 2. The number of aromatic hydroxyl groups is 1. The molecular weight excluding hydrogens is 188 g/mol. The molecule has 1 aromatic carbocycles. The van der Waals surface area contributed by atoms with Crippen molar-refractivity contribution in [1.82, 2.24) is 4.98 Å². The summed E-state index contributed by atoms with van der Waals surface area (Å²) in [6, 6.07) is 5.58. The van der Waals surface area contributed by atoms with E-state index >= 15 is 0 Å². The zero-order valence-corrected chi connectivity index (χ0v) is 9.17. The summed E-state index contributed by atoms with van der Waals surface area (Å²) in [5.41, 5.74) is 2.21. The molecule has 15 heavy (non-hydrogen) atoms. The highest BCUT2D eigenvalue weighted by Gasteiger charge is 2.08. The minimum Gasteiger partial charge on any atom is -0.507 e. The quantitative estimate of drug-likeness (QED) is 0.673. The number of quaternary nitrogens is 1. The normalized spacial score (nSPS) is 11.4. The Hall–Kier alpha value is -1.48. The molecule has 1 aromatic heterocycles. The summed E-state index contributed by atoms with van der Waals surface area (Å²) in [7, 11) is 4.27. The molecule has 0 radical (unpaired) electrons. The van der Waals surface area contributed by atoms with E-state index in [0.29, 0.717) is 5.75 Å². The number of aromatic nitrogens is 1. The van der Waals surface area contributed by atoms with Crippen LogP contribution in [0.15, 0.2) is 24.4 Å². The Morgan fingerprint density at radius 3 is 2.87 bits per heavy atom. The fourth-order valence-electron chi connectivity index (χ4n) is 1.82. The largest absolute Gasteiger partial charge is 0.507 e. The molecule has 0 unspecified atom stereocenters. The highest BCUT2D eigenvalue weighted by atomic mass is 16.3. The number of hydrogen-bond donors (Lipinski definition) is 3. The number of phenols is 1. The van der Waals surface area contributed by atoms with Gasteiger partial charge in [-0.25, -0.2) is 0 Å². The number of benzene rings is 1. The second-order valence-electron chi connectivity index (χ2n) is 4.22. The first kappa shape index (κ1) is 10.1. The fraction of sp³-hybridized carbons (Fsp3) is 0.333. The van der Waals surface area contributed by atoms with Crippen molar-refractivity contribution in [2.75, 3.05) is 20.6 Å². The van der Waals surface area contributed by atoms with Gasteiger partial charge in [0.25, 0.3) is 0 Å². The van der Waals surface area contributed by atoms with Crippen LogP contribution < -0.4 is 4.90 Å². The van der Waals surface area contributed by atoms with Gasteiger partial charge in [0.15, 0.2) is 0 Å². The summed E-state index contributed by atoms with van der Waals surface area (Å²) in [5, 5.41) is 10.8. The topological polar surface area (TPSA) is 40.5 Å². The van der Waals surface area contributed by atoms with Gasteiger partial charge in [-0.05, 0) is 17.7 Å². The van der Waals surface area contributed by atoms with E-state index in [1.54, 1.807) is 6.07 Å². The van der Waals surface area contributed by atoms with Gasteiger partial charge in [-0.15, -0.1) is 0 Å². The van der Waals surface area contributed by atoms with E-state index in [-0.39, 0.29) is 0 Å². The predicted octanol–water partition coefficient (Wildman–Crippen LogP) is 0.561. The van der Waals surface area contributed by atoms with Crippen LogP contribution in [0.1, 0.15) is 5.56 Å². The second kappa shape index (κ2) is 3.95. The van der Waals surface area contributed by atoms with Gasteiger partial charge >= 0.3 is 0 Å². The molecule has 3 N–H and O–H groups in total. The van der Waals surface area contributed by atoms with Crippen LogP contribution in [0.3, 0.4) is 0 Å². The molecule has 0 aliphatic rings.